The standard InChI is InChI=1S/C21H19N3O4S/c1-27-17-11-12-20(28-2)21(13-17)29(25,26)23-15-7-9-16(10-8-15)24-14-22-18-5-3-4-6-19(18)24/h3-14,23H,1-2H3. The van der Waals surface area contributed by atoms with Gasteiger partial charge in [-0.05, 0) is 48.5 Å². The molecule has 0 fully saturated rings. The van der Waals surface area contributed by atoms with Gasteiger partial charge in [0.15, 0.2) is 0 Å². The van der Waals surface area contributed by atoms with Gasteiger partial charge in [-0.25, -0.2) is 13.4 Å². The third-order valence-electron chi connectivity index (χ3n) is 4.51. The summed E-state index contributed by atoms with van der Waals surface area (Å²) in [7, 11) is -0.966. The lowest BCUT2D eigenvalue weighted by molar-refractivity contribution is 0.392. The van der Waals surface area contributed by atoms with Gasteiger partial charge in [0.05, 0.1) is 25.3 Å². The van der Waals surface area contributed by atoms with Gasteiger partial charge in [-0.3, -0.25) is 9.29 Å². The van der Waals surface area contributed by atoms with Crippen LogP contribution in [0.1, 0.15) is 0 Å². The van der Waals surface area contributed by atoms with Gasteiger partial charge >= 0.3 is 0 Å². The number of nitrogens with zero attached hydrogens (tertiary/aromatic N) is 2. The number of methoxy groups -OCH3 is 2. The molecule has 4 aromatic rings. The lowest BCUT2D eigenvalue weighted by atomic mass is 10.2. The molecule has 148 valence electrons. The minimum Gasteiger partial charge on any atom is -0.497 e. The zero-order valence-corrected chi connectivity index (χ0v) is 16.7. The molecule has 0 unspecified atom stereocenters. The number of imidazole rings is 1. The quantitative estimate of drug-likeness (QED) is 0.523. The summed E-state index contributed by atoms with van der Waals surface area (Å²) in [6.45, 7) is 0. The van der Waals surface area contributed by atoms with Crippen LogP contribution < -0.4 is 14.2 Å². The highest BCUT2D eigenvalue weighted by Gasteiger charge is 2.21. The normalized spacial score (nSPS) is 11.4. The number of benzene rings is 3. The van der Waals surface area contributed by atoms with Gasteiger partial charge in [-0.1, -0.05) is 12.1 Å². The van der Waals surface area contributed by atoms with Crippen LogP contribution in [0.2, 0.25) is 0 Å². The molecule has 0 amide bonds. The Hall–Kier alpha value is -3.52. The van der Waals surface area contributed by atoms with Crippen LogP contribution in [-0.4, -0.2) is 32.2 Å². The Morgan fingerprint density at radius 2 is 1.69 bits per heavy atom. The molecule has 7 nitrogen and oxygen atoms in total. The van der Waals surface area contributed by atoms with Crippen molar-refractivity contribution < 1.29 is 17.9 Å². The van der Waals surface area contributed by atoms with Crippen molar-refractivity contribution in [2.75, 3.05) is 18.9 Å². The number of hydrogen-bond acceptors (Lipinski definition) is 5. The molecule has 8 heteroatoms. The molecule has 0 aliphatic rings. The summed E-state index contributed by atoms with van der Waals surface area (Å²) in [4.78, 5) is 4.38. The topological polar surface area (TPSA) is 82.5 Å². The van der Waals surface area contributed by atoms with Crippen molar-refractivity contribution in [3.63, 3.8) is 0 Å². The summed E-state index contributed by atoms with van der Waals surface area (Å²) < 4.78 is 40.6. The zero-order valence-electron chi connectivity index (χ0n) is 15.9. The maximum Gasteiger partial charge on any atom is 0.265 e. The van der Waals surface area contributed by atoms with Gasteiger partial charge in [0.25, 0.3) is 10.0 Å². The van der Waals surface area contributed by atoms with Crippen molar-refractivity contribution in [2.45, 2.75) is 4.90 Å². The van der Waals surface area contributed by atoms with E-state index in [2.05, 4.69) is 9.71 Å². The molecule has 1 aromatic heterocycles. The maximum atomic E-state index is 12.9. The number of anilines is 1. The molecular weight excluding hydrogens is 390 g/mol. The Balaban J connectivity index is 1.63. The van der Waals surface area contributed by atoms with Gasteiger partial charge in [-0.15, -0.1) is 0 Å². The summed E-state index contributed by atoms with van der Waals surface area (Å²) >= 11 is 0. The highest BCUT2D eigenvalue weighted by molar-refractivity contribution is 7.92. The lowest BCUT2D eigenvalue weighted by Gasteiger charge is -2.13. The fraction of sp³-hybridized carbons (Fsp3) is 0.0952. The number of hydrogen-bond donors (Lipinski definition) is 1. The van der Waals surface area contributed by atoms with Gasteiger partial charge in [-0.2, -0.15) is 0 Å². The minimum atomic E-state index is -3.86. The van der Waals surface area contributed by atoms with Crippen molar-refractivity contribution >= 4 is 26.7 Å². The van der Waals surface area contributed by atoms with E-state index < -0.39 is 10.0 Å². The third-order valence-corrected chi connectivity index (χ3v) is 5.91. The predicted octanol–water partition coefficient (Wildman–Crippen LogP) is 3.84. The molecule has 1 N–H and O–H groups in total. The van der Waals surface area contributed by atoms with Crippen molar-refractivity contribution in [3.05, 3.63) is 73.1 Å². The molecule has 4 rings (SSSR count). The molecule has 29 heavy (non-hydrogen) atoms. The van der Waals surface area contributed by atoms with E-state index in [0.29, 0.717) is 11.4 Å². The van der Waals surface area contributed by atoms with Crippen molar-refractivity contribution in [1.29, 1.82) is 0 Å². The first-order valence-electron chi connectivity index (χ1n) is 8.79. The number of sulfonamides is 1. The predicted molar refractivity (Wildman–Crippen MR) is 111 cm³/mol. The van der Waals surface area contributed by atoms with Crippen LogP contribution in [0.25, 0.3) is 16.7 Å². The van der Waals surface area contributed by atoms with E-state index in [1.807, 2.05) is 41.0 Å². The SMILES string of the molecule is COc1ccc(OC)c(S(=O)(=O)Nc2ccc(-n3cnc4ccccc43)cc2)c1. The number of nitrogens with one attached hydrogen (secondary N) is 1. The van der Waals surface area contributed by atoms with Gasteiger partial charge in [0, 0.05) is 17.4 Å². The van der Waals surface area contributed by atoms with Crippen LogP contribution in [0.4, 0.5) is 5.69 Å². The van der Waals surface area contributed by atoms with E-state index in [0.717, 1.165) is 16.7 Å². The molecular formula is C21H19N3O4S. The Kier molecular flexibility index (Phi) is 4.85. The summed E-state index contributed by atoms with van der Waals surface area (Å²) in [6.07, 6.45) is 1.74. The summed E-state index contributed by atoms with van der Waals surface area (Å²) in [5, 5.41) is 0. The largest absolute Gasteiger partial charge is 0.497 e. The number of para-hydroxylation sites is 2. The lowest BCUT2D eigenvalue weighted by Crippen LogP contribution is -2.14. The van der Waals surface area contributed by atoms with Gasteiger partial charge in [0.2, 0.25) is 0 Å². The summed E-state index contributed by atoms with van der Waals surface area (Å²) in [5.74, 6) is 0.660. The fourth-order valence-electron chi connectivity index (χ4n) is 3.06. The Morgan fingerprint density at radius 1 is 0.931 bits per heavy atom. The first-order valence-corrected chi connectivity index (χ1v) is 10.3. The third kappa shape index (κ3) is 3.62. The molecule has 3 aromatic carbocycles. The summed E-state index contributed by atoms with van der Waals surface area (Å²) in [5.41, 5.74) is 3.17. The van der Waals surface area contributed by atoms with Gasteiger partial charge in [0.1, 0.15) is 22.7 Å². The average molecular weight is 409 g/mol. The molecule has 1 heterocycles. The highest BCUT2D eigenvalue weighted by atomic mass is 32.2. The first kappa shape index (κ1) is 18.8. The number of ether oxygens (including phenoxy) is 2. The number of fused-ring (bicyclic) bond motifs is 1. The van der Waals surface area contributed by atoms with Crippen LogP contribution in [0, 0.1) is 0 Å². The van der Waals surface area contributed by atoms with Crippen LogP contribution in [0.5, 0.6) is 11.5 Å². The number of rotatable bonds is 6. The molecule has 0 saturated heterocycles. The molecule has 0 spiro atoms. The molecule has 0 aliphatic carbocycles. The van der Waals surface area contributed by atoms with Crippen LogP contribution in [0.15, 0.2) is 78.0 Å². The van der Waals surface area contributed by atoms with E-state index in [1.165, 1.54) is 20.3 Å². The Bertz CT molecular complexity index is 1260. The second-order valence-corrected chi connectivity index (χ2v) is 7.92. The fourth-order valence-corrected chi connectivity index (χ4v) is 4.30. The van der Waals surface area contributed by atoms with E-state index >= 15 is 0 Å². The van der Waals surface area contributed by atoms with Crippen molar-refractivity contribution in [1.82, 2.24) is 9.55 Å². The van der Waals surface area contributed by atoms with E-state index in [4.69, 9.17) is 9.47 Å². The monoisotopic (exact) mass is 409 g/mol. The molecule has 0 atom stereocenters. The van der Waals surface area contributed by atoms with Crippen molar-refractivity contribution in [3.8, 4) is 17.2 Å². The van der Waals surface area contributed by atoms with Gasteiger partial charge < -0.3 is 9.47 Å². The highest BCUT2D eigenvalue weighted by Crippen LogP contribution is 2.30. The zero-order chi connectivity index (χ0) is 20.4. The number of aromatic nitrogens is 2. The smallest absolute Gasteiger partial charge is 0.265 e. The second-order valence-electron chi connectivity index (χ2n) is 6.27. The molecule has 0 saturated carbocycles. The minimum absolute atomic E-state index is 0.00373. The average Bonchev–Trinajstić information content (AvgIpc) is 3.18. The van der Waals surface area contributed by atoms with Crippen LogP contribution >= 0.6 is 0 Å². The van der Waals surface area contributed by atoms with E-state index in [1.54, 1.807) is 30.6 Å². The maximum absolute atomic E-state index is 12.9. The van der Waals surface area contributed by atoms with Crippen LogP contribution in [-0.2, 0) is 10.0 Å². The Morgan fingerprint density at radius 3 is 2.41 bits per heavy atom. The van der Waals surface area contributed by atoms with Crippen molar-refractivity contribution in [2.24, 2.45) is 0 Å². The molecule has 0 bridgehead atoms. The first-order chi connectivity index (χ1) is 14.0. The molecule has 0 radical (unpaired) electrons. The van der Waals surface area contributed by atoms with E-state index in [9.17, 15) is 8.42 Å². The second kappa shape index (κ2) is 7.48. The van der Waals surface area contributed by atoms with E-state index in [-0.39, 0.29) is 10.6 Å². The molecule has 0 aliphatic heterocycles. The van der Waals surface area contributed by atoms with Crippen LogP contribution in [0.3, 0.4) is 0 Å². The Labute approximate surface area is 168 Å². The summed E-state index contributed by atoms with van der Waals surface area (Å²) in [6, 6.07) is 19.5.